The van der Waals surface area contributed by atoms with Gasteiger partial charge >= 0.3 is 0 Å². The van der Waals surface area contributed by atoms with E-state index in [1.165, 1.54) is 3.57 Å². The summed E-state index contributed by atoms with van der Waals surface area (Å²) < 4.78 is 2.94. The number of nitrogens with one attached hydrogen (secondary N) is 2. The van der Waals surface area contributed by atoms with E-state index in [0.717, 1.165) is 29.1 Å². The van der Waals surface area contributed by atoms with Crippen LogP contribution in [0.5, 0.6) is 0 Å². The van der Waals surface area contributed by atoms with Gasteiger partial charge in [-0.2, -0.15) is 15.1 Å². The Labute approximate surface area is 136 Å². The van der Waals surface area contributed by atoms with Gasteiger partial charge in [0.25, 0.3) is 0 Å². The molecule has 6 nitrogen and oxygen atoms in total. The molecule has 108 valence electrons. The van der Waals surface area contributed by atoms with Crippen molar-refractivity contribution < 1.29 is 0 Å². The third kappa shape index (κ3) is 2.92. The lowest BCUT2D eigenvalue weighted by Crippen LogP contribution is -2.06. The zero-order valence-corrected chi connectivity index (χ0v) is 13.9. The van der Waals surface area contributed by atoms with Crippen molar-refractivity contribution in [3.63, 3.8) is 0 Å². The van der Waals surface area contributed by atoms with Crippen LogP contribution < -0.4 is 10.6 Å². The molecular formula is C14H15IN6. The van der Waals surface area contributed by atoms with Crippen LogP contribution in [0, 0.1) is 3.57 Å². The predicted octanol–water partition coefficient (Wildman–Crippen LogP) is 3.14. The third-order valence-electron chi connectivity index (χ3n) is 3.03. The van der Waals surface area contributed by atoms with Crippen molar-refractivity contribution in [3.8, 4) is 0 Å². The number of benzene rings is 1. The zero-order chi connectivity index (χ0) is 14.8. The summed E-state index contributed by atoms with van der Waals surface area (Å²) in [5.41, 5.74) is 1.79. The number of nitrogens with zero attached hydrogens (tertiary/aromatic N) is 4. The summed E-state index contributed by atoms with van der Waals surface area (Å²) in [6.45, 7) is 2.79. The standard InChI is InChI=1S/C14H15IN6/c1-3-16-14-19-12(11-8-17-21(2)13(11)20-14)18-10-6-4-9(15)5-7-10/h4-8H,3H2,1-2H3,(H2,16,18,19,20). The number of rotatable bonds is 4. The summed E-state index contributed by atoms with van der Waals surface area (Å²) in [6.07, 6.45) is 1.78. The number of anilines is 3. The van der Waals surface area contributed by atoms with E-state index in [0.29, 0.717) is 5.95 Å². The summed E-state index contributed by atoms with van der Waals surface area (Å²) in [5.74, 6) is 1.35. The van der Waals surface area contributed by atoms with Gasteiger partial charge in [-0.25, -0.2) is 0 Å². The van der Waals surface area contributed by atoms with Crippen molar-refractivity contribution in [1.29, 1.82) is 0 Å². The molecule has 2 heterocycles. The van der Waals surface area contributed by atoms with Gasteiger partial charge in [-0.15, -0.1) is 0 Å². The smallest absolute Gasteiger partial charge is 0.226 e. The Kier molecular flexibility index (Phi) is 3.91. The normalized spacial score (nSPS) is 10.8. The molecule has 0 radical (unpaired) electrons. The van der Waals surface area contributed by atoms with Crippen LogP contribution in [-0.2, 0) is 7.05 Å². The highest BCUT2D eigenvalue weighted by atomic mass is 127. The molecule has 0 bridgehead atoms. The maximum atomic E-state index is 4.53. The topological polar surface area (TPSA) is 67.7 Å². The minimum atomic E-state index is 0.599. The van der Waals surface area contributed by atoms with Crippen molar-refractivity contribution in [1.82, 2.24) is 19.7 Å². The van der Waals surface area contributed by atoms with Crippen LogP contribution in [0.2, 0.25) is 0 Å². The number of aryl methyl sites for hydroxylation is 1. The second kappa shape index (κ2) is 5.84. The average molecular weight is 394 g/mol. The highest BCUT2D eigenvalue weighted by Gasteiger charge is 2.11. The Balaban J connectivity index is 2.05. The fraction of sp³-hybridized carbons (Fsp3) is 0.214. The van der Waals surface area contributed by atoms with Crippen molar-refractivity contribution >= 4 is 51.1 Å². The Hall–Kier alpha value is -1.90. The van der Waals surface area contributed by atoms with Crippen LogP contribution >= 0.6 is 22.6 Å². The van der Waals surface area contributed by atoms with Crippen LogP contribution in [0.1, 0.15) is 6.92 Å². The van der Waals surface area contributed by atoms with E-state index in [1.807, 2.05) is 26.1 Å². The predicted molar refractivity (Wildman–Crippen MR) is 92.9 cm³/mol. The van der Waals surface area contributed by atoms with E-state index in [1.54, 1.807) is 10.9 Å². The Morgan fingerprint density at radius 3 is 2.67 bits per heavy atom. The van der Waals surface area contributed by atoms with E-state index in [2.05, 4.69) is 60.4 Å². The van der Waals surface area contributed by atoms with Crippen LogP contribution in [0.15, 0.2) is 30.5 Å². The van der Waals surface area contributed by atoms with Gasteiger partial charge in [-0.05, 0) is 53.8 Å². The first-order chi connectivity index (χ1) is 10.2. The summed E-state index contributed by atoms with van der Waals surface area (Å²) >= 11 is 2.28. The van der Waals surface area contributed by atoms with Crippen LogP contribution in [0.3, 0.4) is 0 Å². The van der Waals surface area contributed by atoms with Crippen molar-refractivity contribution in [2.75, 3.05) is 17.2 Å². The van der Waals surface area contributed by atoms with Crippen molar-refractivity contribution in [2.24, 2.45) is 7.05 Å². The fourth-order valence-corrected chi connectivity index (χ4v) is 2.38. The second-order valence-corrected chi connectivity index (χ2v) is 5.81. The van der Waals surface area contributed by atoms with Gasteiger partial charge in [0.15, 0.2) is 5.65 Å². The third-order valence-corrected chi connectivity index (χ3v) is 3.75. The molecular weight excluding hydrogens is 379 g/mol. The Morgan fingerprint density at radius 1 is 1.19 bits per heavy atom. The first kappa shape index (κ1) is 14.1. The minimum absolute atomic E-state index is 0.599. The molecule has 2 aromatic heterocycles. The molecule has 0 amide bonds. The maximum Gasteiger partial charge on any atom is 0.226 e. The Bertz CT molecular complexity index is 765. The van der Waals surface area contributed by atoms with Gasteiger partial charge in [-0.3, -0.25) is 4.68 Å². The van der Waals surface area contributed by atoms with Gasteiger partial charge in [0, 0.05) is 22.8 Å². The van der Waals surface area contributed by atoms with Crippen LogP contribution in [0.25, 0.3) is 11.0 Å². The largest absolute Gasteiger partial charge is 0.354 e. The van der Waals surface area contributed by atoms with Gasteiger partial charge in [0.05, 0.1) is 11.6 Å². The van der Waals surface area contributed by atoms with E-state index >= 15 is 0 Å². The molecule has 0 aliphatic rings. The number of hydrogen-bond acceptors (Lipinski definition) is 5. The first-order valence-electron chi connectivity index (χ1n) is 6.63. The van der Waals surface area contributed by atoms with Crippen LogP contribution in [0.4, 0.5) is 17.5 Å². The number of aromatic nitrogens is 4. The first-order valence-corrected chi connectivity index (χ1v) is 7.71. The number of hydrogen-bond donors (Lipinski definition) is 2. The van der Waals surface area contributed by atoms with Gasteiger partial charge in [-0.1, -0.05) is 0 Å². The lowest BCUT2D eigenvalue weighted by Gasteiger charge is -2.09. The lowest BCUT2D eigenvalue weighted by atomic mass is 10.3. The Morgan fingerprint density at radius 2 is 1.95 bits per heavy atom. The molecule has 3 rings (SSSR count). The molecule has 7 heteroatoms. The second-order valence-electron chi connectivity index (χ2n) is 4.56. The summed E-state index contributed by atoms with van der Waals surface area (Å²) in [5, 5.41) is 11.6. The molecule has 1 aromatic carbocycles. The molecule has 0 saturated carbocycles. The molecule has 21 heavy (non-hydrogen) atoms. The molecule has 0 spiro atoms. The van der Waals surface area contributed by atoms with Crippen LogP contribution in [-0.4, -0.2) is 26.3 Å². The lowest BCUT2D eigenvalue weighted by molar-refractivity contribution is 0.785. The summed E-state index contributed by atoms with van der Waals surface area (Å²) in [7, 11) is 1.87. The molecule has 0 saturated heterocycles. The highest BCUT2D eigenvalue weighted by molar-refractivity contribution is 14.1. The minimum Gasteiger partial charge on any atom is -0.354 e. The van der Waals surface area contributed by atoms with Crippen molar-refractivity contribution in [3.05, 3.63) is 34.0 Å². The molecule has 0 aliphatic carbocycles. The summed E-state index contributed by atoms with van der Waals surface area (Å²) in [4.78, 5) is 9.01. The molecule has 0 fully saturated rings. The quantitative estimate of drug-likeness (QED) is 0.666. The average Bonchev–Trinajstić information content (AvgIpc) is 2.84. The monoisotopic (exact) mass is 394 g/mol. The molecule has 0 aliphatic heterocycles. The summed E-state index contributed by atoms with van der Waals surface area (Å²) in [6, 6.07) is 8.16. The number of halogens is 1. The van der Waals surface area contributed by atoms with E-state index < -0.39 is 0 Å². The highest BCUT2D eigenvalue weighted by Crippen LogP contribution is 2.25. The fourth-order valence-electron chi connectivity index (χ4n) is 2.02. The zero-order valence-electron chi connectivity index (χ0n) is 11.8. The molecule has 0 atom stereocenters. The van der Waals surface area contributed by atoms with Gasteiger partial charge < -0.3 is 10.6 Å². The molecule has 3 aromatic rings. The molecule has 0 unspecified atom stereocenters. The van der Waals surface area contributed by atoms with Crippen molar-refractivity contribution in [2.45, 2.75) is 6.92 Å². The SMILES string of the molecule is CCNc1nc(Nc2ccc(I)cc2)c2cnn(C)c2n1. The van der Waals surface area contributed by atoms with E-state index in [9.17, 15) is 0 Å². The maximum absolute atomic E-state index is 4.53. The van der Waals surface area contributed by atoms with E-state index in [4.69, 9.17) is 0 Å². The van der Waals surface area contributed by atoms with E-state index in [-0.39, 0.29) is 0 Å². The number of fused-ring (bicyclic) bond motifs is 1. The van der Waals surface area contributed by atoms with Gasteiger partial charge in [0.1, 0.15) is 5.82 Å². The van der Waals surface area contributed by atoms with Gasteiger partial charge in [0.2, 0.25) is 5.95 Å². The molecule has 2 N–H and O–H groups in total.